The number of carboxylic acid groups (broad SMARTS) is 2. The Balaban J connectivity index is 1.56. The van der Waals surface area contributed by atoms with Crippen molar-refractivity contribution in [2.24, 2.45) is 0 Å². The number of anilines is 2. The number of hydrogen-bond acceptors (Lipinski definition) is 14. The molecule has 0 unspecified atom stereocenters. The Morgan fingerprint density at radius 3 is 1.62 bits per heavy atom. The molecule has 2 aromatic heterocycles. The molecule has 0 aliphatic heterocycles. The monoisotopic (exact) mass is 406 g/mol. The van der Waals surface area contributed by atoms with Crippen molar-refractivity contribution in [3.8, 4) is 0 Å². The Kier molecular flexibility index (Phi) is 7.48. The average molecular weight is 406 g/mol. The van der Waals surface area contributed by atoms with Crippen molar-refractivity contribution < 1.29 is 19.8 Å². The highest BCUT2D eigenvalue weighted by Gasteiger charge is 2.09. The lowest BCUT2D eigenvalue weighted by Crippen LogP contribution is -2.24. The molecular formula is C10H10N6O4S4-2. The molecule has 130 valence electrons. The van der Waals surface area contributed by atoms with E-state index in [1.54, 1.807) is 21.6 Å². The van der Waals surface area contributed by atoms with Crippen molar-refractivity contribution in [2.45, 2.75) is 0 Å². The van der Waals surface area contributed by atoms with Crippen LogP contribution in [0.1, 0.15) is 21.0 Å². The summed E-state index contributed by atoms with van der Waals surface area (Å²) in [6, 6.07) is 0. The summed E-state index contributed by atoms with van der Waals surface area (Å²) in [5.41, 5.74) is -0.357. The van der Waals surface area contributed by atoms with Crippen LogP contribution < -0.4 is 20.8 Å². The molecule has 10 nitrogen and oxygen atoms in total. The Labute approximate surface area is 152 Å². The Morgan fingerprint density at radius 1 is 0.833 bits per heavy atom. The first kappa shape index (κ1) is 18.7. The third-order valence-electron chi connectivity index (χ3n) is 2.40. The van der Waals surface area contributed by atoms with E-state index in [2.05, 4.69) is 28.1 Å². The Morgan fingerprint density at radius 2 is 1.25 bits per heavy atom. The molecule has 0 radical (unpaired) electrons. The summed E-state index contributed by atoms with van der Waals surface area (Å²) in [5, 5.41) is 27.3. The summed E-state index contributed by atoms with van der Waals surface area (Å²) in [7, 11) is 3.16. The van der Waals surface area contributed by atoms with E-state index in [-0.39, 0.29) is 23.0 Å². The third kappa shape index (κ3) is 5.47. The first-order valence-electron chi connectivity index (χ1n) is 6.39. The number of hydrogen-bond donors (Lipinski definition) is 2. The molecule has 0 amide bonds. The second-order valence-electron chi connectivity index (χ2n) is 4.00. The van der Waals surface area contributed by atoms with Gasteiger partial charge >= 0.3 is 0 Å². The quantitative estimate of drug-likeness (QED) is 0.348. The minimum absolute atomic E-state index is 0.178. The van der Waals surface area contributed by atoms with E-state index in [1.807, 2.05) is 0 Å². The van der Waals surface area contributed by atoms with Gasteiger partial charge in [-0.2, -0.15) is 17.5 Å². The first-order chi connectivity index (χ1) is 11.6. The highest BCUT2D eigenvalue weighted by Crippen LogP contribution is 2.21. The highest BCUT2D eigenvalue weighted by molar-refractivity contribution is 8.76. The summed E-state index contributed by atoms with van der Waals surface area (Å²) in [6.45, 7) is 1.06. The topological polar surface area (TPSA) is 156 Å². The van der Waals surface area contributed by atoms with E-state index in [4.69, 9.17) is 0 Å². The standard InChI is InChI=1S/C10H12N6O4S4/c17-9(18)5-7(15-23-13-5)11-1-3-21-22-4-2-12-8-6(10(19)20)14-24-16-8/h1-4H2,(H,11,15)(H,12,16)(H,17,18)(H,19,20)/p-2. The molecule has 0 aromatic carbocycles. The minimum Gasteiger partial charge on any atom is -0.543 e. The average Bonchev–Trinajstić information content (AvgIpc) is 3.18. The van der Waals surface area contributed by atoms with Crippen LogP contribution in [0.25, 0.3) is 0 Å². The Bertz CT molecular complexity index is 634. The number of carbonyl (C=O) groups is 2. The van der Waals surface area contributed by atoms with Gasteiger partial charge in [0.1, 0.15) is 11.4 Å². The zero-order chi connectivity index (χ0) is 17.4. The summed E-state index contributed by atoms with van der Waals surface area (Å²) >= 11 is 1.62. The number of nitrogens with zero attached hydrogens (tertiary/aromatic N) is 4. The Hall–Kier alpha value is -1.64. The lowest BCUT2D eigenvalue weighted by atomic mass is 10.4. The number of rotatable bonds is 11. The van der Waals surface area contributed by atoms with E-state index in [0.29, 0.717) is 13.1 Å². The number of carboxylic acids is 2. The molecule has 2 heterocycles. The van der Waals surface area contributed by atoms with Gasteiger partial charge in [-0.15, -0.1) is 0 Å². The van der Waals surface area contributed by atoms with Gasteiger partial charge in [-0.25, -0.2) is 0 Å². The van der Waals surface area contributed by atoms with Gasteiger partial charge in [-0.05, 0) is 0 Å². The van der Waals surface area contributed by atoms with Gasteiger partial charge in [0.05, 0.1) is 35.4 Å². The van der Waals surface area contributed by atoms with Gasteiger partial charge in [-0.3, -0.25) is 0 Å². The molecule has 0 spiro atoms. The molecule has 0 aliphatic rings. The van der Waals surface area contributed by atoms with E-state index in [0.717, 1.165) is 35.0 Å². The SMILES string of the molecule is O=C([O-])c1nsnc1NCCSSCCNc1nsnc1C(=O)[O-]. The second kappa shape index (κ2) is 9.61. The fraction of sp³-hybridized carbons (Fsp3) is 0.400. The van der Waals surface area contributed by atoms with Crippen LogP contribution in [0.2, 0.25) is 0 Å². The van der Waals surface area contributed by atoms with Crippen molar-refractivity contribution in [1.82, 2.24) is 17.5 Å². The summed E-state index contributed by atoms with van der Waals surface area (Å²) in [6.07, 6.45) is 0. The van der Waals surface area contributed by atoms with Crippen molar-refractivity contribution in [2.75, 3.05) is 35.2 Å². The second-order valence-corrected chi connectivity index (χ2v) is 7.75. The van der Waals surface area contributed by atoms with Crippen LogP contribution in [0.3, 0.4) is 0 Å². The van der Waals surface area contributed by atoms with Crippen LogP contribution in [0.15, 0.2) is 0 Å². The van der Waals surface area contributed by atoms with Crippen LogP contribution >= 0.6 is 45.0 Å². The molecule has 2 aromatic rings. The lowest BCUT2D eigenvalue weighted by molar-refractivity contribution is -0.256. The van der Waals surface area contributed by atoms with Gasteiger partial charge in [0.2, 0.25) is 0 Å². The maximum Gasteiger partial charge on any atom is 0.169 e. The van der Waals surface area contributed by atoms with Crippen LogP contribution in [0, 0.1) is 0 Å². The van der Waals surface area contributed by atoms with Crippen molar-refractivity contribution in [3.63, 3.8) is 0 Å². The van der Waals surface area contributed by atoms with E-state index in [9.17, 15) is 19.8 Å². The van der Waals surface area contributed by atoms with Crippen molar-refractivity contribution in [3.05, 3.63) is 11.4 Å². The zero-order valence-corrected chi connectivity index (χ0v) is 15.1. The normalized spacial score (nSPS) is 10.5. The van der Waals surface area contributed by atoms with Crippen molar-refractivity contribution >= 4 is 68.6 Å². The van der Waals surface area contributed by atoms with Crippen molar-refractivity contribution in [1.29, 1.82) is 0 Å². The smallest absolute Gasteiger partial charge is 0.169 e. The number of nitrogens with one attached hydrogen (secondary N) is 2. The number of carbonyl (C=O) groups excluding carboxylic acids is 2. The molecule has 0 fully saturated rings. The van der Waals surface area contributed by atoms with Crippen LogP contribution in [0.4, 0.5) is 11.6 Å². The number of aromatic carboxylic acids is 2. The molecule has 0 saturated heterocycles. The van der Waals surface area contributed by atoms with Gasteiger partial charge < -0.3 is 30.4 Å². The van der Waals surface area contributed by atoms with Gasteiger partial charge in [0.25, 0.3) is 0 Å². The maximum absolute atomic E-state index is 10.7. The fourth-order valence-electron chi connectivity index (χ4n) is 1.42. The lowest BCUT2D eigenvalue weighted by Gasteiger charge is -2.06. The van der Waals surface area contributed by atoms with Gasteiger partial charge in [0.15, 0.2) is 11.6 Å². The molecule has 2 N–H and O–H groups in total. The predicted molar refractivity (Wildman–Crippen MR) is 90.4 cm³/mol. The van der Waals surface area contributed by atoms with E-state index < -0.39 is 11.9 Å². The molecule has 0 bridgehead atoms. The molecule has 0 atom stereocenters. The predicted octanol–water partition coefficient (Wildman–Crippen LogP) is -0.978. The van der Waals surface area contributed by atoms with Gasteiger partial charge in [-0.1, -0.05) is 21.6 Å². The minimum atomic E-state index is -1.35. The van der Waals surface area contributed by atoms with E-state index >= 15 is 0 Å². The fourth-order valence-corrected chi connectivity index (χ4v) is 4.26. The summed E-state index contributed by atoms with van der Waals surface area (Å²) in [4.78, 5) is 21.5. The largest absolute Gasteiger partial charge is 0.543 e. The molecule has 0 aliphatic carbocycles. The zero-order valence-electron chi connectivity index (χ0n) is 11.9. The van der Waals surface area contributed by atoms with Gasteiger partial charge in [0, 0.05) is 24.6 Å². The van der Waals surface area contributed by atoms with Crippen LogP contribution in [-0.4, -0.2) is 54.0 Å². The number of aromatic nitrogens is 4. The summed E-state index contributed by atoms with van der Waals surface area (Å²) < 4.78 is 14.9. The van der Waals surface area contributed by atoms with Crippen LogP contribution in [-0.2, 0) is 0 Å². The molecule has 14 heteroatoms. The molecule has 2 rings (SSSR count). The van der Waals surface area contributed by atoms with Crippen LogP contribution in [0.5, 0.6) is 0 Å². The first-order valence-corrected chi connectivity index (χ1v) is 10.3. The summed E-state index contributed by atoms with van der Waals surface area (Å²) in [5.74, 6) is -0.830. The molecule has 24 heavy (non-hydrogen) atoms. The molecule has 0 saturated carbocycles. The molecular weight excluding hydrogens is 396 g/mol. The third-order valence-corrected chi connectivity index (χ3v) is 5.87. The maximum atomic E-state index is 10.7. The highest BCUT2D eigenvalue weighted by atomic mass is 33.1. The van der Waals surface area contributed by atoms with E-state index in [1.165, 1.54) is 0 Å².